The maximum absolute atomic E-state index is 10.0. The van der Waals surface area contributed by atoms with E-state index in [1.807, 2.05) is 27.7 Å². The molecule has 0 aromatic heterocycles. The molecular formula is C15H30O5. The normalized spacial score (nSPS) is 30.9. The van der Waals surface area contributed by atoms with Crippen molar-refractivity contribution in [2.75, 3.05) is 19.8 Å². The van der Waals surface area contributed by atoms with Crippen LogP contribution in [0.25, 0.3) is 0 Å². The van der Waals surface area contributed by atoms with Gasteiger partial charge in [-0.3, -0.25) is 0 Å². The lowest BCUT2D eigenvalue weighted by Gasteiger charge is -2.39. The van der Waals surface area contributed by atoms with Crippen molar-refractivity contribution in [3.63, 3.8) is 0 Å². The van der Waals surface area contributed by atoms with Crippen LogP contribution < -0.4 is 0 Å². The molecule has 1 N–H and O–H groups in total. The average Bonchev–Trinajstić information content (AvgIpc) is 2.70. The summed E-state index contributed by atoms with van der Waals surface area (Å²) in [5.74, 6) is -0.532. The summed E-state index contributed by atoms with van der Waals surface area (Å²) in [7, 11) is 0. The molecule has 0 unspecified atom stereocenters. The molecule has 1 saturated heterocycles. The van der Waals surface area contributed by atoms with Crippen LogP contribution in [0.3, 0.4) is 0 Å². The van der Waals surface area contributed by atoms with E-state index in [1.54, 1.807) is 0 Å². The highest BCUT2D eigenvalue weighted by Gasteiger charge is 2.59. The molecule has 0 aliphatic carbocycles. The summed E-state index contributed by atoms with van der Waals surface area (Å²) < 4.78 is 23.5. The molecule has 0 bridgehead atoms. The molecular weight excluding hydrogens is 260 g/mol. The van der Waals surface area contributed by atoms with Crippen LogP contribution in [0.2, 0.25) is 0 Å². The number of hydrogen-bond donors (Lipinski definition) is 1. The third-order valence-corrected chi connectivity index (χ3v) is 3.77. The number of aliphatic hydroxyl groups excluding tert-OH is 1. The molecule has 1 aliphatic rings. The van der Waals surface area contributed by atoms with Crippen LogP contribution in [0.5, 0.6) is 0 Å². The first-order chi connectivity index (χ1) is 9.36. The van der Waals surface area contributed by atoms with E-state index >= 15 is 0 Å². The van der Waals surface area contributed by atoms with E-state index in [2.05, 4.69) is 13.8 Å². The summed E-state index contributed by atoms with van der Waals surface area (Å²) in [5, 5.41) is 10.0. The number of aliphatic hydroxyl groups is 1. The fraction of sp³-hybridized carbons (Fsp3) is 1.00. The molecule has 1 aliphatic heterocycles. The summed E-state index contributed by atoms with van der Waals surface area (Å²) in [4.78, 5) is 0. The summed E-state index contributed by atoms with van der Waals surface area (Å²) in [5.41, 5.74) is -0.981. The Morgan fingerprint density at radius 3 is 2.10 bits per heavy atom. The number of ether oxygens (including phenoxy) is 4. The molecule has 0 aromatic carbocycles. The van der Waals surface area contributed by atoms with Crippen molar-refractivity contribution >= 4 is 0 Å². The zero-order valence-electron chi connectivity index (χ0n) is 13.6. The van der Waals surface area contributed by atoms with Crippen LogP contribution in [0.4, 0.5) is 0 Å². The highest BCUT2D eigenvalue weighted by molar-refractivity contribution is 5.01. The van der Waals surface area contributed by atoms with Gasteiger partial charge in [-0.15, -0.1) is 0 Å². The van der Waals surface area contributed by atoms with Crippen molar-refractivity contribution in [1.82, 2.24) is 0 Å². The molecule has 120 valence electrons. The van der Waals surface area contributed by atoms with Crippen LogP contribution in [0.15, 0.2) is 0 Å². The third-order valence-electron chi connectivity index (χ3n) is 3.77. The summed E-state index contributed by atoms with van der Waals surface area (Å²) in [6, 6.07) is 0. The Kier molecular flexibility index (Phi) is 6.41. The lowest BCUT2D eigenvalue weighted by molar-refractivity contribution is -0.273. The summed E-state index contributed by atoms with van der Waals surface area (Å²) in [6.45, 7) is 12.5. The molecule has 1 fully saturated rings. The van der Waals surface area contributed by atoms with Gasteiger partial charge < -0.3 is 24.1 Å². The van der Waals surface area contributed by atoms with Crippen molar-refractivity contribution in [3.8, 4) is 0 Å². The Morgan fingerprint density at radius 2 is 1.70 bits per heavy atom. The van der Waals surface area contributed by atoms with Gasteiger partial charge in [-0.2, -0.15) is 0 Å². The third kappa shape index (κ3) is 3.52. The minimum Gasteiger partial charge on any atom is -0.393 e. The predicted molar refractivity (Wildman–Crippen MR) is 76.3 cm³/mol. The second-order valence-electron chi connectivity index (χ2n) is 5.78. The largest absolute Gasteiger partial charge is 0.393 e. The Labute approximate surface area is 122 Å². The zero-order valence-corrected chi connectivity index (χ0v) is 13.6. The van der Waals surface area contributed by atoms with Crippen molar-refractivity contribution < 1.29 is 24.1 Å². The van der Waals surface area contributed by atoms with Gasteiger partial charge in [0.15, 0.2) is 17.7 Å². The molecule has 0 spiro atoms. The van der Waals surface area contributed by atoms with Crippen LogP contribution >= 0.6 is 0 Å². The smallest absolute Gasteiger partial charge is 0.191 e. The molecule has 0 radical (unpaired) electrons. The van der Waals surface area contributed by atoms with E-state index in [1.165, 1.54) is 0 Å². The lowest BCUT2D eigenvalue weighted by Crippen LogP contribution is -2.57. The van der Waals surface area contributed by atoms with Gasteiger partial charge in [0.25, 0.3) is 0 Å². The molecule has 5 nitrogen and oxygen atoms in total. The fourth-order valence-electron chi connectivity index (χ4n) is 2.77. The van der Waals surface area contributed by atoms with Crippen LogP contribution in [-0.4, -0.2) is 48.7 Å². The molecule has 20 heavy (non-hydrogen) atoms. The van der Waals surface area contributed by atoms with E-state index in [4.69, 9.17) is 18.9 Å². The lowest BCUT2D eigenvalue weighted by atomic mass is 9.86. The van der Waals surface area contributed by atoms with Gasteiger partial charge in [0.1, 0.15) is 0 Å². The Balaban J connectivity index is 3.12. The first-order valence-corrected chi connectivity index (χ1v) is 7.58. The van der Waals surface area contributed by atoms with Gasteiger partial charge in [-0.25, -0.2) is 0 Å². The zero-order chi connectivity index (χ0) is 15.4. The second kappa shape index (κ2) is 7.18. The monoisotopic (exact) mass is 290 g/mol. The van der Waals surface area contributed by atoms with Crippen molar-refractivity contribution in [2.45, 2.75) is 71.7 Å². The van der Waals surface area contributed by atoms with E-state index in [0.717, 1.165) is 6.42 Å². The number of hydrogen-bond acceptors (Lipinski definition) is 5. The van der Waals surface area contributed by atoms with Gasteiger partial charge in [0.2, 0.25) is 0 Å². The molecule has 1 heterocycles. The van der Waals surface area contributed by atoms with Crippen molar-refractivity contribution in [3.05, 3.63) is 0 Å². The van der Waals surface area contributed by atoms with E-state index < -0.39 is 17.7 Å². The minimum atomic E-state index is -0.981. The quantitative estimate of drug-likeness (QED) is 0.695. The molecule has 1 rings (SSSR count). The van der Waals surface area contributed by atoms with Gasteiger partial charge >= 0.3 is 0 Å². The van der Waals surface area contributed by atoms with Crippen LogP contribution in [0.1, 0.15) is 48.0 Å². The van der Waals surface area contributed by atoms with Crippen molar-refractivity contribution in [1.29, 1.82) is 0 Å². The van der Waals surface area contributed by atoms with Gasteiger partial charge in [-0.05, 0) is 33.6 Å². The van der Waals surface area contributed by atoms with E-state index in [0.29, 0.717) is 13.2 Å². The Bertz CT molecular complexity index is 288. The Morgan fingerprint density at radius 1 is 1.15 bits per heavy atom. The van der Waals surface area contributed by atoms with Gasteiger partial charge in [-0.1, -0.05) is 20.3 Å². The molecule has 0 saturated carbocycles. The average molecular weight is 290 g/mol. The van der Waals surface area contributed by atoms with E-state index in [-0.39, 0.29) is 18.6 Å². The molecule has 0 amide bonds. The maximum Gasteiger partial charge on any atom is 0.191 e. The van der Waals surface area contributed by atoms with Crippen LogP contribution in [0, 0.1) is 5.92 Å². The highest BCUT2D eigenvalue weighted by atomic mass is 16.8. The van der Waals surface area contributed by atoms with Crippen molar-refractivity contribution in [2.24, 2.45) is 5.92 Å². The highest BCUT2D eigenvalue weighted by Crippen LogP contribution is 2.43. The van der Waals surface area contributed by atoms with E-state index in [9.17, 15) is 5.11 Å². The summed E-state index contributed by atoms with van der Waals surface area (Å²) >= 11 is 0. The topological polar surface area (TPSA) is 57.2 Å². The molecule has 0 aromatic rings. The Hall–Kier alpha value is -0.200. The minimum absolute atomic E-state index is 0.198. The fourth-order valence-corrected chi connectivity index (χ4v) is 2.77. The molecule has 3 atom stereocenters. The standard InChI is InChI=1S/C15H30O5/c1-7-11(4)12-15(10-16,20-14(5,6)19-12)13(17-8-2)18-9-3/h11-13,16H,7-10H2,1-6H3/t11-,12-,15+/m0/s1. The second-order valence-corrected chi connectivity index (χ2v) is 5.78. The van der Waals surface area contributed by atoms with Gasteiger partial charge in [0, 0.05) is 13.2 Å². The first kappa shape index (κ1) is 17.9. The molecule has 5 heteroatoms. The predicted octanol–water partition coefficient (Wildman–Crippen LogP) is 2.31. The van der Waals surface area contributed by atoms with Crippen LogP contribution in [-0.2, 0) is 18.9 Å². The number of rotatable bonds is 8. The SMILES string of the molecule is CCOC(OCC)[C@]1(CO)OC(C)(C)O[C@H]1[C@@H](C)CC. The van der Waals surface area contributed by atoms with Gasteiger partial charge in [0.05, 0.1) is 12.7 Å². The maximum atomic E-state index is 10.0. The first-order valence-electron chi connectivity index (χ1n) is 7.58. The summed E-state index contributed by atoms with van der Waals surface area (Å²) in [6.07, 6.45) is 0.0236.